The Hall–Kier alpha value is -3.85. The van der Waals surface area contributed by atoms with Gasteiger partial charge in [0.2, 0.25) is 11.8 Å². The van der Waals surface area contributed by atoms with Crippen LogP contribution in [0, 0.1) is 5.41 Å². The Morgan fingerprint density at radius 3 is 2.56 bits per heavy atom. The first kappa shape index (κ1) is 32.1. The zero-order chi connectivity index (χ0) is 30.8. The number of amides is 2. The van der Waals surface area contributed by atoms with E-state index in [2.05, 4.69) is 22.4 Å². The summed E-state index contributed by atoms with van der Waals surface area (Å²) in [5.41, 5.74) is 9.30. The van der Waals surface area contributed by atoms with Crippen LogP contribution in [0.25, 0.3) is 11.3 Å². The Bertz CT molecular complexity index is 1360. The standard InChI is InChI=1S/C35H44N4O4/c1-25(36)33(41)38-32(26(2)43-23-27-11-5-4-6-12-27)34(42)39-20-10-15-30(39)17-18-35(3,24-40)22-28-13-9-14-29(21-28)31-16-7-8-19-37-31/h4-9,11-14,16-19,21,25-26,30,32,40H,10,15,20,22-24,36H2,1-3H3,(H,38,41)/b18-17+/t25-,26+,30?,32-,35-/m0/s1. The molecular formula is C35H44N4O4. The van der Waals surface area contributed by atoms with Gasteiger partial charge in [0.05, 0.1) is 37.1 Å². The van der Waals surface area contributed by atoms with Gasteiger partial charge in [-0.1, -0.05) is 73.7 Å². The molecule has 0 radical (unpaired) electrons. The zero-order valence-corrected chi connectivity index (χ0v) is 25.4. The van der Waals surface area contributed by atoms with Crippen LogP contribution in [0.15, 0.2) is 91.1 Å². The normalized spacial score (nSPS) is 18.6. The van der Waals surface area contributed by atoms with E-state index >= 15 is 0 Å². The SMILES string of the molecule is C[C@H](N)C(=O)N[C@H](C(=O)N1CCCC1/C=C/[C@](C)(CO)Cc1cccc(-c2ccccn2)c1)[C@@H](C)OCc1ccccc1. The molecule has 2 heterocycles. The molecule has 1 aliphatic rings. The number of benzene rings is 2. The number of aromatic nitrogens is 1. The van der Waals surface area contributed by atoms with E-state index < -0.39 is 29.5 Å². The topological polar surface area (TPSA) is 118 Å². The van der Waals surface area contributed by atoms with Gasteiger partial charge in [0.1, 0.15) is 6.04 Å². The Morgan fingerprint density at radius 1 is 1.12 bits per heavy atom. The number of hydrogen-bond donors (Lipinski definition) is 3. The summed E-state index contributed by atoms with van der Waals surface area (Å²) >= 11 is 0. The second-order valence-corrected chi connectivity index (χ2v) is 11.8. The molecule has 0 spiro atoms. The molecule has 4 N–H and O–H groups in total. The number of hydrogen-bond acceptors (Lipinski definition) is 6. The number of carbonyl (C=O) groups is 2. The number of aliphatic hydroxyl groups is 1. The number of rotatable bonds is 13. The van der Waals surface area contributed by atoms with Gasteiger partial charge in [-0.15, -0.1) is 0 Å². The molecule has 2 amide bonds. The molecule has 8 heteroatoms. The van der Waals surface area contributed by atoms with Crippen LogP contribution in [0.4, 0.5) is 0 Å². The van der Waals surface area contributed by atoms with Crippen molar-refractivity contribution in [3.05, 3.63) is 102 Å². The van der Waals surface area contributed by atoms with Crippen LogP contribution < -0.4 is 11.1 Å². The summed E-state index contributed by atoms with van der Waals surface area (Å²) < 4.78 is 6.07. The fourth-order valence-corrected chi connectivity index (χ4v) is 5.36. The van der Waals surface area contributed by atoms with Gasteiger partial charge in [-0.3, -0.25) is 14.6 Å². The lowest BCUT2D eigenvalue weighted by Crippen LogP contribution is -2.57. The molecule has 1 aromatic heterocycles. The molecule has 8 nitrogen and oxygen atoms in total. The average Bonchev–Trinajstić information content (AvgIpc) is 3.51. The largest absolute Gasteiger partial charge is 0.395 e. The number of likely N-dealkylation sites (tertiary alicyclic amines) is 1. The highest BCUT2D eigenvalue weighted by molar-refractivity contribution is 5.90. The summed E-state index contributed by atoms with van der Waals surface area (Å²) in [5.74, 6) is -0.601. The minimum atomic E-state index is -0.880. The minimum Gasteiger partial charge on any atom is -0.395 e. The second-order valence-electron chi connectivity index (χ2n) is 11.8. The lowest BCUT2D eigenvalue weighted by Gasteiger charge is -2.32. The lowest BCUT2D eigenvalue weighted by molar-refractivity contribution is -0.141. The fourth-order valence-electron chi connectivity index (χ4n) is 5.36. The highest BCUT2D eigenvalue weighted by atomic mass is 16.5. The Balaban J connectivity index is 1.47. The number of aliphatic hydroxyl groups excluding tert-OH is 1. The van der Waals surface area contributed by atoms with Crippen LogP contribution in [0.1, 0.15) is 44.7 Å². The zero-order valence-electron chi connectivity index (χ0n) is 25.4. The van der Waals surface area contributed by atoms with Crippen molar-refractivity contribution < 1.29 is 19.4 Å². The minimum absolute atomic E-state index is 0.0462. The number of pyridine rings is 1. The van der Waals surface area contributed by atoms with Crippen molar-refractivity contribution in [1.29, 1.82) is 0 Å². The maximum atomic E-state index is 13.9. The lowest BCUT2D eigenvalue weighted by atomic mass is 9.83. The Morgan fingerprint density at radius 2 is 1.86 bits per heavy atom. The van der Waals surface area contributed by atoms with Crippen molar-refractivity contribution in [2.45, 2.75) is 70.9 Å². The van der Waals surface area contributed by atoms with Crippen LogP contribution in [0.5, 0.6) is 0 Å². The molecule has 4 rings (SSSR count). The summed E-state index contributed by atoms with van der Waals surface area (Å²) in [6.45, 7) is 6.26. The summed E-state index contributed by atoms with van der Waals surface area (Å²) in [5, 5.41) is 13.3. The maximum absolute atomic E-state index is 13.9. The van der Waals surface area contributed by atoms with E-state index in [0.717, 1.165) is 35.2 Å². The molecule has 0 saturated carbocycles. The van der Waals surface area contributed by atoms with E-state index in [1.165, 1.54) is 0 Å². The first-order valence-electron chi connectivity index (χ1n) is 15.0. The summed E-state index contributed by atoms with van der Waals surface area (Å²) in [6.07, 6.45) is 7.53. The smallest absolute Gasteiger partial charge is 0.248 e. The monoisotopic (exact) mass is 584 g/mol. The van der Waals surface area contributed by atoms with Crippen LogP contribution >= 0.6 is 0 Å². The number of ether oxygens (including phenoxy) is 1. The van der Waals surface area contributed by atoms with Crippen molar-refractivity contribution in [1.82, 2.24) is 15.2 Å². The molecule has 43 heavy (non-hydrogen) atoms. The molecule has 228 valence electrons. The molecule has 3 aromatic rings. The third-order valence-electron chi connectivity index (χ3n) is 7.96. The summed E-state index contributed by atoms with van der Waals surface area (Å²) in [7, 11) is 0. The third-order valence-corrected chi connectivity index (χ3v) is 7.96. The van der Waals surface area contributed by atoms with E-state index in [-0.39, 0.29) is 18.6 Å². The van der Waals surface area contributed by atoms with E-state index in [9.17, 15) is 14.7 Å². The second kappa shape index (κ2) is 15.0. The van der Waals surface area contributed by atoms with Gasteiger partial charge in [-0.05, 0) is 62.4 Å². The van der Waals surface area contributed by atoms with Crippen molar-refractivity contribution in [2.75, 3.05) is 13.2 Å². The molecule has 5 atom stereocenters. The van der Waals surface area contributed by atoms with Crippen molar-refractivity contribution in [3.8, 4) is 11.3 Å². The van der Waals surface area contributed by atoms with Crippen LogP contribution in [0.3, 0.4) is 0 Å². The average molecular weight is 585 g/mol. The van der Waals surface area contributed by atoms with Gasteiger partial charge < -0.3 is 25.8 Å². The van der Waals surface area contributed by atoms with E-state index in [1.807, 2.05) is 84.6 Å². The number of nitrogens with zero attached hydrogens (tertiary/aromatic N) is 2. The van der Waals surface area contributed by atoms with Crippen LogP contribution in [-0.2, 0) is 27.4 Å². The number of carbonyl (C=O) groups excluding carboxylic acids is 2. The predicted octanol–water partition coefficient (Wildman–Crippen LogP) is 4.27. The highest BCUT2D eigenvalue weighted by Crippen LogP contribution is 2.29. The molecule has 0 bridgehead atoms. The third kappa shape index (κ3) is 8.83. The van der Waals surface area contributed by atoms with Crippen LogP contribution in [-0.4, -0.2) is 64.2 Å². The van der Waals surface area contributed by atoms with Gasteiger partial charge >= 0.3 is 0 Å². The van der Waals surface area contributed by atoms with Gasteiger partial charge in [0, 0.05) is 23.7 Å². The molecule has 1 fully saturated rings. The number of nitrogens with one attached hydrogen (secondary N) is 1. The molecule has 1 saturated heterocycles. The fraction of sp³-hybridized carbons (Fsp3) is 0.400. The molecule has 1 aliphatic heterocycles. The van der Waals surface area contributed by atoms with Gasteiger partial charge in [0.15, 0.2) is 0 Å². The van der Waals surface area contributed by atoms with Gasteiger partial charge in [0.25, 0.3) is 0 Å². The summed E-state index contributed by atoms with van der Waals surface area (Å²) in [6, 6.07) is 22.0. The first-order valence-corrected chi connectivity index (χ1v) is 15.0. The molecule has 1 unspecified atom stereocenters. The van der Waals surface area contributed by atoms with E-state index in [4.69, 9.17) is 10.5 Å². The van der Waals surface area contributed by atoms with Crippen molar-refractivity contribution in [2.24, 2.45) is 11.1 Å². The van der Waals surface area contributed by atoms with Crippen molar-refractivity contribution >= 4 is 11.8 Å². The van der Waals surface area contributed by atoms with E-state index in [0.29, 0.717) is 19.6 Å². The van der Waals surface area contributed by atoms with Crippen LogP contribution in [0.2, 0.25) is 0 Å². The van der Waals surface area contributed by atoms with Gasteiger partial charge in [-0.25, -0.2) is 0 Å². The van der Waals surface area contributed by atoms with Crippen molar-refractivity contribution in [3.63, 3.8) is 0 Å². The van der Waals surface area contributed by atoms with Gasteiger partial charge in [-0.2, -0.15) is 0 Å². The quantitative estimate of drug-likeness (QED) is 0.258. The maximum Gasteiger partial charge on any atom is 0.248 e. The molecular weight excluding hydrogens is 540 g/mol. The Kier molecular flexibility index (Phi) is 11.2. The molecule has 2 aromatic carbocycles. The summed E-state index contributed by atoms with van der Waals surface area (Å²) in [4.78, 5) is 32.8. The van der Waals surface area contributed by atoms with E-state index in [1.54, 1.807) is 20.0 Å². The first-order chi connectivity index (χ1) is 20.7. The predicted molar refractivity (Wildman–Crippen MR) is 169 cm³/mol. The Labute approximate surface area is 255 Å². The number of nitrogens with two attached hydrogens (primary N) is 1. The highest BCUT2D eigenvalue weighted by Gasteiger charge is 2.37. The molecule has 0 aliphatic carbocycles.